The van der Waals surface area contributed by atoms with Crippen LogP contribution in [0.1, 0.15) is 38.2 Å². The second-order valence-corrected chi connectivity index (χ2v) is 5.66. The SMILES string of the molecule is CC1CCC(C#N)(CCc2ccc([N+](=O)[O-])cc2)C1. The van der Waals surface area contributed by atoms with E-state index in [1.54, 1.807) is 12.1 Å². The number of hydrogen-bond donors (Lipinski definition) is 0. The molecule has 2 rings (SSSR count). The molecule has 1 aliphatic rings. The van der Waals surface area contributed by atoms with Crippen LogP contribution in [0.3, 0.4) is 0 Å². The second kappa shape index (κ2) is 5.40. The Kier molecular flexibility index (Phi) is 3.84. The molecule has 0 bridgehead atoms. The minimum Gasteiger partial charge on any atom is -0.258 e. The molecule has 1 aromatic rings. The van der Waals surface area contributed by atoms with Gasteiger partial charge < -0.3 is 0 Å². The van der Waals surface area contributed by atoms with E-state index in [1.807, 2.05) is 0 Å². The van der Waals surface area contributed by atoms with Gasteiger partial charge in [0.25, 0.3) is 5.69 Å². The van der Waals surface area contributed by atoms with Crippen LogP contribution in [0.5, 0.6) is 0 Å². The average Bonchev–Trinajstić information content (AvgIpc) is 2.79. The lowest BCUT2D eigenvalue weighted by atomic mass is 9.81. The summed E-state index contributed by atoms with van der Waals surface area (Å²) in [5.41, 5.74) is 1.01. The summed E-state index contributed by atoms with van der Waals surface area (Å²) >= 11 is 0. The van der Waals surface area contributed by atoms with Gasteiger partial charge in [0, 0.05) is 12.1 Å². The van der Waals surface area contributed by atoms with Gasteiger partial charge >= 0.3 is 0 Å². The van der Waals surface area contributed by atoms with Crippen molar-refractivity contribution in [2.75, 3.05) is 0 Å². The van der Waals surface area contributed by atoms with Gasteiger partial charge in [-0.1, -0.05) is 19.1 Å². The van der Waals surface area contributed by atoms with Crippen molar-refractivity contribution in [3.8, 4) is 6.07 Å². The van der Waals surface area contributed by atoms with Crippen LogP contribution >= 0.6 is 0 Å². The zero-order valence-electron chi connectivity index (χ0n) is 11.1. The smallest absolute Gasteiger partial charge is 0.258 e. The maximum absolute atomic E-state index is 10.6. The first-order valence-corrected chi connectivity index (χ1v) is 6.69. The van der Waals surface area contributed by atoms with Gasteiger partial charge in [-0.05, 0) is 43.6 Å². The Labute approximate surface area is 113 Å². The molecular formula is C15H18N2O2. The second-order valence-electron chi connectivity index (χ2n) is 5.66. The fourth-order valence-corrected chi connectivity index (χ4v) is 2.95. The van der Waals surface area contributed by atoms with E-state index in [0.29, 0.717) is 5.92 Å². The lowest BCUT2D eigenvalue weighted by molar-refractivity contribution is -0.384. The Morgan fingerprint density at radius 1 is 1.47 bits per heavy atom. The minimum atomic E-state index is -0.390. The van der Waals surface area contributed by atoms with Crippen molar-refractivity contribution < 1.29 is 4.92 Å². The number of rotatable bonds is 4. The summed E-state index contributed by atoms with van der Waals surface area (Å²) in [6.07, 6.45) is 4.77. The maximum atomic E-state index is 10.6. The largest absolute Gasteiger partial charge is 0.269 e. The number of nitro groups is 1. The van der Waals surface area contributed by atoms with Crippen molar-refractivity contribution >= 4 is 5.69 Å². The lowest BCUT2D eigenvalue weighted by Crippen LogP contribution is -2.15. The predicted molar refractivity (Wildman–Crippen MR) is 72.5 cm³/mol. The van der Waals surface area contributed by atoms with E-state index < -0.39 is 0 Å². The minimum absolute atomic E-state index is 0.119. The zero-order valence-corrected chi connectivity index (χ0v) is 11.1. The van der Waals surface area contributed by atoms with Gasteiger partial charge in [-0.15, -0.1) is 0 Å². The van der Waals surface area contributed by atoms with Crippen LogP contribution in [-0.2, 0) is 6.42 Å². The van der Waals surface area contributed by atoms with Gasteiger partial charge in [0.05, 0.1) is 16.4 Å². The lowest BCUT2D eigenvalue weighted by Gasteiger charge is -2.20. The normalized spacial score (nSPS) is 26.0. The Morgan fingerprint density at radius 2 is 2.16 bits per heavy atom. The van der Waals surface area contributed by atoms with Crippen LogP contribution in [0.15, 0.2) is 24.3 Å². The van der Waals surface area contributed by atoms with E-state index in [4.69, 9.17) is 0 Å². The number of nitrogens with zero attached hydrogens (tertiary/aromatic N) is 2. The molecule has 0 radical (unpaired) electrons. The van der Waals surface area contributed by atoms with Gasteiger partial charge in [-0.25, -0.2) is 0 Å². The monoisotopic (exact) mass is 258 g/mol. The van der Waals surface area contributed by atoms with Gasteiger partial charge in [-0.3, -0.25) is 10.1 Å². The molecular weight excluding hydrogens is 240 g/mol. The quantitative estimate of drug-likeness (QED) is 0.608. The van der Waals surface area contributed by atoms with E-state index in [0.717, 1.165) is 37.7 Å². The predicted octanol–water partition coefficient (Wildman–Crippen LogP) is 3.86. The van der Waals surface area contributed by atoms with Crippen LogP contribution in [0.25, 0.3) is 0 Å². The standard InChI is InChI=1S/C15H18N2O2/c1-12-6-8-15(10-12,11-16)9-7-13-2-4-14(5-3-13)17(18)19/h2-5,12H,6-10H2,1H3. The average molecular weight is 258 g/mol. The highest BCUT2D eigenvalue weighted by Crippen LogP contribution is 2.44. The highest BCUT2D eigenvalue weighted by Gasteiger charge is 2.37. The van der Waals surface area contributed by atoms with Crippen LogP contribution in [0, 0.1) is 32.8 Å². The van der Waals surface area contributed by atoms with Crippen molar-refractivity contribution in [1.82, 2.24) is 0 Å². The Hall–Kier alpha value is -1.89. The van der Waals surface area contributed by atoms with Crippen molar-refractivity contribution in [2.24, 2.45) is 11.3 Å². The molecule has 2 unspecified atom stereocenters. The molecule has 2 atom stereocenters. The third kappa shape index (κ3) is 3.11. The molecule has 0 aromatic heterocycles. The number of nitro benzene ring substituents is 1. The number of nitriles is 1. The molecule has 19 heavy (non-hydrogen) atoms. The van der Waals surface area contributed by atoms with Gasteiger partial charge in [-0.2, -0.15) is 5.26 Å². The van der Waals surface area contributed by atoms with Crippen LogP contribution in [0.2, 0.25) is 0 Å². The van der Waals surface area contributed by atoms with Crippen molar-refractivity contribution in [1.29, 1.82) is 5.26 Å². The van der Waals surface area contributed by atoms with Crippen molar-refractivity contribution in [2.45, 2.75) is 39.0 Å². The van der Waals surface area contributed by atoms with E-state index in [-0.39, 0.29) is 16.0 Å². The first kappa shape index (κ1) is 13.5. The van der Waals surface area contributed by atoms with Crippen molar-refractivity contribution in [3.05, 3.63) is 39.9 Å². The number of aryl methyl sites for hydroxylation is 1. The van der Waals surface area contributed by atoms with E-state index in [9.17, 15) is 15.4 Å². The summed E-state index contributed by atoms with van der Waals surface area (Å²) < 4.78 is 0. The molecule has 0 aliphatic heterocycles. The molecule has 0 spiro atoms. The summed E-state index contributed by atoms with van der Waals surface area (Å²) in [6.45, 7) is 2.20. The molecule has 4 nitrogen and oxygen atoms in total. The van der Waals surface area contributed by atoms with Crippen LogP contribution in [0.4, 0.5) is 5.69 Å². The molecule has 1 saturated carbocycles. The summed E-state index contributed by atoms with van der Waals surface area (Å²) in [5.74, 6) is 0.636. The van der Waals surface area contributed by atoms with Crippen molar-refractivity contribution in [3.63, 3.8) is 0 Å². The van der Waals surface area contributed by atoms with Crippen LogP contribution in [-0.4, -0.2) is 4.92 Å². The van der Waals surface area contributed by atoms with E-state index in [1.165, 1.54) is 12.1 Å². The molecule has 1 aliphatic carbocycles. The van der Waals surface area contributed by atoms with E-state index >= 15 is 0 Å². The molecule has 0 N–H and O–H groups in total. The first-order valence-electron chi connectivity index (χ1n) is 6.69. The number of non-ortho nitro benzene ring substituents is 1. The third-order valence-electron chi connectivity index (χ3n) is 4.13. The van der Waals surface area contributed by atoms with Gasteiger partial charge in [0.15, 0.2) is 0 Å². The van der Waals surface area contributed by atoms with Gasteiger partial charge in [0.2, 0.25) is 0 Å². The molecule has 1 aromatic carbocycles. The maximum Gasteiger partial charge on any atom is 0.269 e. The highest BCUT2D eigenvalue weighted by atomic mass is 16.6. The molecule has 0 heterocycles. The van der Waals surface area contributed by atoms with Gasteiger partial charge in [0.1, 0.15) is 0 Å². The fraction of sp³-hybridized carbons (Fsp3) is 0.533. The molecule has 100 valence electrons. The molecule has 4 heteroatoms. The Balaban J connectivity index is 1.98. The summed E-state index contributed by atoms with van der Waals surface area (Å²) in [4.78, 5) is 10.2. The number of hydrogen-bond acceptors (Lipinski definition) is 3. The Morgan fingerprint density at radius 3 is 2.63 bits per heavy atom. The zero-order chi connectivity index (χ0) is 13.9. The summed E-state index contributed by atoms with van der Waals surface area (Å²) in [7, 11) is 0. The van der Waals surface area contributed by atoms with Crippen LogP contribution < -0.4 is 0 Å². The Bertz CT molecular complexity index is 504. The third-order valence-corrected chi connectivity index (χ3v) is 4.13. The topological polar surface area (TPSA) is 66.9 Å². The summed E-state index contributed by atoms with van der Waals surface area (Å²) in [6, 6.07) is 9.15. The summed E-state index contributed by atoms with van der Waals surface area (Å²) in [5, 5.41) is 20.0. The van der Waals surface area contributed by atoms with E-state index in [2.05, 4.69) is 13.0 Å². The molecule has 0 saturated heterocycles. The molecule has 0 amide bonds. The highest BCUT2D eigenvalue weighted by molar-refractivity contribution is 5.33. The fourth-order valence-electron chi connectivity index (χ4n) is 2.95. The number of benzene rings is 1. The first-order chi connectivity index (χ1) is 9.04. The molecule has 1 fully saturated rings.